The van der Waals surface area contributed by atoms with Gasteiger partial charge in [0, 0.05) is 17.3 Å². The van der Waals surface area contributed by atoms with E-state index < -0.39 is 0 Å². The molecule has 3 N–H and O–H groups in total. The molecule has 0 aliphatic rings. The molecule has 0 fully saturated rings. The van der Waals surface area contributed by atoms with Crippen molar-refractivity contribution in [1.29, 1.82) is 0 Å². The van der Waals surface area contributed by atoms with E-state index in [1.807, 2.05) is 0 Å². The summed E-state index contributed by atoms with van der Waals surface area (Å²) in [5.74, 6) is 5.40. The third-order valence-electron chi connectivity index (χ3n) is 4.11. The number of rotatable bonds is 7. The Kier molecular flexibility index (Phi) is 5.85. The van der Waals surface area contributed by atoms with Gasteiger partial charge in [-0.3, -0.25) is 21.2 Å². The van der Waals surface area contributed by atoms with E-state index in [0.717, 1.165) is 19.5 Å². The van der Waals surface area contributed by atoms with Crippen LogP contribution >= 0.6 is 0 Å². The Morgan fingerprint density at radius 3 is 2.47 bits per heavy atom. The molecular formula is C14H25FN4. The number of likely N-dealkylation sites (N-methyl/N-ethyl adjacent to an activating group) is 1. The van der Waals surface area contributed by atoms with Crippen molar-refractivity contribution in [2.75, 3.05) is 13.1 Å². The molecule has 0 saturated carbocycles. The zero-order valence-electron chi connectivity index (χ0n) is 12.3. The molecule has 0 radical (unpaired) electrons. The lowest BCUT2D eigenvalue weighted by Gasteiger charge is -2.45. The summed E-state index contributed by atoms with van der Waals surface area (Å²) in [5, 5.41) is 0. The van der Waals surface area contributed by atoms with Crippen molar-refractivity contribution in [3.05, 3.63) is 29.8 Å². The van der Waals surface area contributed by atoms with Crippen LogP contribution in [0.25, 0.3) is 0 Å². The summed E-state index contributed by atoms with van der Waals surface area (Å²) in [7, 11) is 0. The molecule has 1 aromatic heterocycles. The van der Waals surface area contributed by atoms with Crippen molar-refractivity contribution in [2.45, 2.75) is 45.7 Å². The highest BCUT2D eigenvalue weighted by atomic mass is 19.1. The van der Waals surface area contributed by atoms with Crippen LogP contribution in [0.2, 0.25) is 0 Å². The molecule has 0 saturated heterocycles. The second-order valence-electron chi connectivity index (χ2n) is 4.88. The van der Waals surface area contributed by atoms with Gasteiger partial charge in [0.1, 0.15) is 5.82 Å². The summed E-state index contributed by atoms with van der Waals surface area (Å²) in [6.07, 6.45) is 3.70. The average Bonchev–Trinajstić information content (AvgIpc) is 2.43. The number of hydrazine groups is 1. The molecule has 108 valence electrons. The molecule has 1 heterocycles. The lowest BCUT2D eigenvalue weighted by Crippen LogP contribution is -2.55. The third kappa shape index (κ3) is 3.11. The molecule has 19 heavy (non-hydrogen) atoms. The van der Waals surface area contributed by atoms with Gasteiger partial charge < -0.3 is 0 Å². The van der Waals surface area contributed by atoms with E-state index in [1.165, 1.54) is 6.20 Å². The SMILES string of the molecule is CCN(CC)C(C)(CC)C(NN)c1ccncc1F. The number of pyridine rings is 1. The van der Waals surface area contributed by atoms with E-state index in [2.05, 4.69) is 43.0 Å². The molecule has 2 atom stereocenters. The van der Waals surface area contributed by atoms with E-state index in [9.17, 15) is 4.39 Å². The Labute approximate surface area is 115 Å². The summed E-state index contributed by atoms with van der Waals surface area (Å²) in [4.78, 5) is 6.10. The molecular weight excluding hydrogens is 243 g/mol. The lowest BCUT2D eigenvalue weighted by molar-refractivity contribution is 0.0684. The van der Waals surface area contributed by atoms with Crippen LogP contribution in [0, 0.1) is 5.82 Å². The van der Waals surface area contributed by atoms with Gasteiger partial charge in [0.2, 0.25) is 0 Å². The maximum Gasteiger partial charge on any atom is 0.146 e. The van der Waals surface area contributed by atoms with Crippen LogP contribution in [0.4, 0.5) is 4.39 Å². The van der Waals surface area contributed by atoms with Gasteiger partial charge in [-0.05, 0) is 32.5 Å². The normalized spacial score (nSPS) is 16.4. The Morgan fingerprint density at radius 1 is 1.42 bits per heavy atom. The van der Waals surface area contributed by atoms with Gasteiger partial charge >= 0.3 is 0 Å². The standard InChI is InChI=1S/C14H25FN4/c1-5-14(4,19(6-2)7-3)13(18-16)11-8-9-17-10-12(11)15/h8-10,13,18H,5-7,16H2,1-4H3. The van der Waals surface area contributed by atoms with Crippen molar-refractivity contribution in [3.8, 4) is 0 Å². The summed E-state index contributed by atoms with van der Waals surface area (Å²) in [6, 6.07) is 1.41. The third-order valence-corrected chi connectivity index (χ3v) is 4.11. The number of aromatic nitrogens is 1. The first-order chi connectivity index (χ1) is 9.04. The van der Waals surface area contributed by atoms with Gasteiger partial charge in [0.25, 0.3) is 0 Å². The monoisotopic (exact) mass is 268 g/mol. The van der Waals surface area contributed by atoms with Crippen LogP contribution in [0.15, 0.2) is 18.5 Å². The minimum Gasteiger partial charge on any atom is -0.297 e. The van der Waals surface area contributed by atoms with Gasteiger partial charge in [0.15, 0.2) is 0 Å². The first-order valence-electron chi connectivity index (χ1n) is 6.85. The molecule has 0 spiro atoms. The molecule has 0 bridgehead atoms. The molecule has 0 aromatic carbocycles. The number of nitrogens with zero attached hydrogens (tertiary/aromatic N) is 2. The average molecular weight is 268 g/mol. The minimum absolute atomic E-state index is 0.250. The highest BCUT2D eigenvalue weighted by Gasteiger charge is 2.38. The second-order valence-corrected chi connectivity index (χ2v) is 4.88. The van der Waals surface area contributed by atoms with E-state index in [4.69, 9.17) is 5.84 Å². The summed E-state index contributed by atoms with van der Waals surface area (Å²) >= 11 is 0. The zero-order valence-corrected chi connectivity index (χ0v) is 12.3. The van der Waals surface area contributed by atoms with E-state index in [0.29, 0.717) is 5.56 Å². The highest BCUT2D eigenvalue weighted by molar-refractivity contribution is 5.22. The van der Waals surface area contributed by atoms with Crippen LogP contribution in [0.3, 0.4) is 0 Å². The number of nitrogens with one attached hydrogen (secondary N) is 1. The van der Waals surface area contributed by atoms with Crippen LogP contribution in [-0.2, 0) is 0 Å². The number of hydrogen-bond donors (Lipinski definition) is 2. The van der Waals surface area contributed by atoms with Crippen molar-refractivity contribution in [3.63, 3.8) is 0 Å². The number of halogens is 1. The van der Waals surface area contributed by atoms with E-state index in [1.54, 1.807) is 12.3 Å². The van der Waals surface area contributed by atoms with Crippen LogP contribution in [-0.4, -0.2) is 28.5 Å². The van der Waals surface area contributed by atoms with Gasteiger partial charge in [-0.15, -0.1) is 0 Å². The smallest absolute Gasteiger partial charge is 0.146 e. The molecule has 2 unspecified atom stereocenters. The van der Waals surface area contributed by atoms with Gasteiger partial charge in [-0.2, -0.15) is 0 Å². The minimum atomic E-state index is -0.322. The fraction of sp³-hybridized carbons (Fsp3) is 0.643. The first-order valence-corrected chi connectivity index (χ1v) is 6.85. The number of hydrogen-bond acceptors (Lipinski definition) is 4. The second kappa shape index (κ2) is 6.93. The van der Waals surface area contributed by atoms with Crippen molar-refractivity contribution >= 4 is 0 Å². The van der Waals surface area contributed by atoms with Crippen LogP contribution in [0.5, 0.6) is 0 Å². The molecule has 0 aliphatic heterocycles. The van der Waals surface area contributed by atoms with Crippen LogP contribution < -0.4 is 11.3 Å². The Balaban J connectivity index is 3.22. The predicted octanol–water partition coefficient (Wildman–Crippen LogP) is 2.24. The summed E-state index contributed by atoms with van der Waals surface area (Å²) < 4.78 is 14.0. The molecule has 0 aliphatic carbocycles. The molecule has 5 heteroatoms. The van der Waals surface area contributed by atoms with Crippen LogP contribution in [0.1, 0.15) is 45.7 Å². The van der Waals surface area contributed by atoms with E-state index >= 15 is 0 Å². The Hall–Kier alpha value is -1.04. The zero-order chi connectivity index (χ0) is 14.5. The topological polar surface area (TPSA) is 54.2 Å². The maximum absolute atomic E-state index is 14.0. The summed E-state index contributed by atoms with van der Waals surface area (Å²) in [6.45, 7) is 10.2. The lowest BCUT2D eigenvalue weighted by atomic mass is 9.83. The Bertz CT molecular complexity index is 395. The van der Waals surface area contributed by atoms with E-state index in [-0.39, 0.29) is 17.4 Å². The van der Waals surface area contributed by atoms with Crippen molar-refractivity contribution < 1.29 is 4.39 Å². The highest BCUT2D eigenvalue weighted by Crippen LogP contribution is 2.34. The van der Waals surface area contributed by atoms with Crippen molar-refractivity contribution in [2.24, 2.45) is 5.84 Å². The largest absolute Gasteiger partial charge is 0.297 e. The number of nitrogens with two attached hydrogens (primary N) is 1. The molecule has 4 nitrogen and oxygen atoms in total. The maximum atomic E-state index is 14.0. The summed E-state index contributed by atoms with van der Waals surface area (Å²) in [5.41, 5.74) is 3.10. The van der Waals surface area contributed by atoms with Gasteiger partial charge in [0.05, 0.1) is 12.2 Å². The fourth-order valence-electron chi connectivity index (χ4n) is 2.78. The molecule has 1 rings (SSSR count). The fourth-order valence-corrected chi connectivity index (χ4v) is 2.78. The first kappa shape index (κ1) is 16.0. The molecule has 1 aromatic rings. The Morgan fingerprint density at radius 2 is 2.05 bits per heavy atom. The molecule has 0 amide bonds. The van der Waals surface area contributed by atoms with Crippen molar-refractivity contribution in [1.82, 2.24) is 15.3 Å². The van der Waals surface area contributed by atoms with Gasteiger partial charge in [-0.25, -0.2) is 4.39 Å². The quantitative estimate of drug-likeness (QED) is 0.588. The van der Waals surface area contributed by atoms with Gasteiger partial charge in [-0.1, -0.05) is 20.8 Å². The predicted molar refractivity (Wildman–Crippen MR) is 75.9 cm³/mol.